The summed E-state index contributed by atoms with van der Waals surface area (Å²) in [5.41, 5.74) is 0.712. The van der Waals surface area contributed by atoms with Gasteiger partial charge in [0.1, 0.15) is 0 Å². The Morgan fingerprint density at radius 2 is 1.74 bits per heavy atom. The molecule has 0 radical (unpaired) electrons. The van der Waals surface area contributed by atoms with Crippen LogP contribution in [-0.2, 0) is 4.79 Å². The molecule has 9 unspecified atom stereocenters. The molecule has 2 N–H and O–H groups in total. The van der Waals surface area contributed by atoms with Crippen LogP contribution in [0, 0.1) is 39.4 Å². The third kappa shape index (κ3) is 4.05. The van der Waals surface area contributed by atoms with Crippen molar-refractivity contribution < 1.29 is 24.2 Å². The molecule has 9 atom stereocenters. The highest BCUT2D eigenvalue weighted by Crippen LogP contribution is 2.72. The van der Waals surface area contributed by atoms with Crippen molar-refractivity contribution in [1.29, 1.82) is 0 Å². The molecule has 0 spiro atoms. The second kappa shape index (κ2) is 10.4. The monoisotopic (exact) mass is 580 g/mol. The normalized spacial score (nSPS) is 39.4. The zero-order valence-corrected chi connectivity index (χ0v) is 27.3. The van der Waals surface area contributed by atoms with Crippen LogP contribution in [0.3, 0.4) is 0 Å². The predicted octanol–water partition coefficient (Wildman–Crippen LogP) is 5.51. The van der Waals surface area contributed by atoms with Crippen molar-refractivity contribution in [3.63, 3.8) is 0 Å². The first-order valence-electron chi connectivity index (χ1n) is 15.7. The van der Waals surface area contributed by atoms with E-state index in [2.05, 4.69) is 47.0 Å². The lowest BCUT2D eigenvalue weighted by Gasteiger charge is -2.64. The number of rotatable bonds is 6. The summed E-state index contributed by atoms with van der Waals surface area (Å²) in [5, 5.41) is 15.3. The molecule has 3 saturated carbocycles. The van der Waals surface area contributed by atoms with Gasteiger partial charge in [-0.2, -0.15) is 0 Å². The van der Waals surface area contributed by atoms with Gasteiger partial charge >= 0.3 is 0 Å². The van der Waals surface area contributed by atoms with Crippen LogP contribution in [0.4, 0.5) is 0 Å². The zero-order valence-electron chi connectivity index (χ0n) is 27.3. The van der Waals surface area contributed by atoms with Crippen molar-refractivity contribution >= 4 is 11.7 Å². The van der Waals surface area contributed by atoms with E-state index in [-0.39, 0.29) is 40.4 Å². The van der Waals surface area contributed by atoms with Gasteiger partial charge in [0.15, 0.2) is 17.3 Å². The first-order chi connectivity index (χ1) is 19.6. The van der Waals surface area contributed by atoms with Crippen LogP contribution in [0.2, 0.25) is 0 Å². The van der Waals surface area contributed by atoms with Gasteiger partial charge in [0, 0.05) is 36.0 Å². The number of carbonyl (C=O) groups excluding carboxylic acids is 2. The zero-order chi connectivity index (χ0) is 31.0. The van der Waals surface area contributed by atoms with Crippen LogP contribution < -0.4 is 14.8 Å². The van der Waals surface area contributed by atoms with E-state index in [1.54, 1.807) is 44.4 Å². The van der Waals surface area contributed by atoms with Gasteiger partial charge in [0.2, 0.25) is 0 Å². The summed E-state index contributed by atoms with van der Waals surface area (Å²) in [5.74, 6) is 1.33. The van der Waals surface area contributed by atoms with Gasteiger partial charge < -0.3 is 24.8 Å². The van der Waals surface area contributed by atoms with Crippen molar-refractivity contribution in [1.82, 2.24) is 10.2 Å². The molecule has 3 fully saturated rings. The number of aliphatic hydroxyl groups is 1. The highest BCUT2D eigenvalue weighted by atomic mass is 16.5. The maximum Gasteiger partial charge on any atom is 0.253 e. The molecule has 4 aliphatic carbocycles. The Hall–Kier alpha value is -2.38. The fraction of sp³-hybridized carbons (Fsp3) is 0.714. The number of ether oxygens (including phenoxy) is 2. The standard InChI is InChI=1S/C35H52N2O5/c1-20(37(8)31(40)21-11-13-25(41-9)26(17-21)42-10)30-24(38)19-34(5)22-12-14-27-32(2,3)28(36-7)15-16-33(27,4)23(22)18-29(39)35(30,34)6/h11,13,17-18,20,22,24,27-28,30,36,38H,12,14-16,19H2,1-10H3. The number of amides is 1. The van der Waals surface area contributed by atoms with E-state index in [9.17, 15) is 14.7 Å². The number of allylic oxidation sites excluding steroid dienone is 2. The second-order valence-corrected chi connectivity index (χ2v) is 14.9. The van der Waals surface area contributed by atoms with E-state index < -0.39 is 16.9 Å². The molecule has 0 saturated heterocycles. The fourth-order valence-electron chi connectivity index (χ4n) is 10.6. The smallest absolute Gasteiger partial charge is 0.253 e. The van der Waals surface area contributed by atoms with E-state index in [0.717, 1.165) is 25.7 Å². The first kappa shape index (κ1) is 31.1. The van der Waals surface area contributed by atoms with Crippen LogP contribution >= 0.6 is 0 Å². The quantitative estimate of drug-likeness (QED) is 0.462. The van der Waals surface area contributed by atoms with E-state index >= 15 is 0 Å². The van der Waals surface area contributed by atoms with E-state index in [1.165, 1.54) is 5.57 Å². The fourth-order valence-corrected chi connectivity index (χ4v) is 10.6. The average Bonchev–Trinajstić information content (AvgIpc) is 3.17. The lowest BCUT2D eigenvalue weighted by atomic mass is 9.41. The van der Waals surface area contributed by atoms with Gasteiger partial charge in [-0.3, -0.25) is 9.59 Å². The van der Waals surface area contributed by atoms with Gasteiger partial charge in [0.05, 0.1) is 20.3 Å². The first-order valence-corrected chi connectivity index (χ1v) is 15.7. The lowest BCUT2D eigenvalue weighted by molar-refractivity contribution is -0.142. The molecule has 1 amide bonds. The number of hydrogen-bond donors (Lipinski definition) is 2. The second-order valence-electron chi connectivity index (χ2n) is 14.9. The molecular weight excluding hydrogens is 528 g/mol. The number of methoxy groups -OCH3 is 2. The summed E-state index contributed by atoms with van der Waals surface area (Å²) in [4.78, 5) is 29.9. The summed E-state index contributed by atoms with van der Waals surface area (Å²) >= 11 is 0. The summed E-state index contributed by atoms with van der Waals surface area (Å²) < 4.78 is 10.8. The topological polar surface area (TPSA) is 88.1 Å². The van der Waals surface area contributed by atoms with Crippen molar-refractivity contribution in [3.8, 4) is 11.5 Å². The van der Waals surface area contributed by atoms with Gasteiger partial charge in [-0.25, -0.2) is 0 Å². The number of aliphatic hydroxyl groups excluding tert-OH is 1. The summed E-state index contributed by atoms with van der Waals surface area (Å²) in [7, 11) is 6.96. The molecule has 0 aliphatic heterocycles. The molecule has 7 nitrogen and oxygen atoms in total. The van der Waals surface area contributed by atoms with Crippen LogP contribution in [-0.4, -0.2) is 68.2 Å². The van der Waals surface area contributed by atoms with Crippen molar-refractivity contribution in [2.75, 3.05) is 28.3 Å². The number of nitrogens with one attached hydrogen (secondary N) is 1. The Bertz CT molecular complexity index is 1290. The predicted molar refractivity (Wildman–Crippen MR) is 165 cm³/mol. The Morgan fingerprint density at radius 3 is 2.36 bits per heavy atom. The molecule has 0 aromatic heterocycles. The highest BCUT2D eigenvalue weighted by molar-refractivity contribution is 5.99. The van der Waals surface area contributed by atoms with Crippen molar-refractivity contribution in [3.05, 3.63) is 35.4 Å². The van der Waals surface area contributed by atoms with Crippen molar-refractivity contribution in [2.24, 2.45) is 39.4 Å². The van der Waals surface area contributed by atoms with Crippen LogP contribution in [0.1, 0.15) is 84.0 Å². The van der Waals surface area contributed by atoms with Gasteiger partial charge in [-0.15, -0.1) is 0 Å². The molecule has 4 aliphatic rings. The van der Waals surface area contributed by atoms with Crippen LogP contribution in [0.5, 0.6) is 11.5 Å². The molecule has 7 heteroatoms. The van der Waals surface area contributed by atoms with Crippen molar-refractivity contribution in [2.45, 2.75) is 91.8 Å². The minimum atomic E-state index is -0.785. The third-order valence-corrected chi connectivity index (χ3v) is 13.2. The molecular formula is C35H52N2O5. The summed E-state index contributed by atoms with van der Waals surface area (Å²) in [6.45, 7) is 13.5. The average molecular weight is 581 g/mol. The van der Waals surface area contributed by atoms with E-state index in [1.807, 2.05) is 13.0 Å². The Labute approximate surface area is 252 Å². The Balaban J connectivity index is 1.49. The number of hydrogen-bond acceptors (Lipinski definition) is 6. The lowest BCUT2D eigenvalue weighted by Crippen LogP contribution is -2.62. The third-order valence-electron chi connectivity index (χ3n) is 13.2. The molecule has 42 heavy (non-hydrogen) atoms. The Kier molecular flexibility index (Phi) is 7.66. The number of carbonyl (C=O) groups is 2. The summed E-state index contributed by atoms with van der Waals surface area (Å²) in [6, 6.07) is 5.25. The molecule has 1 aromatic rings. The molecule has 0 bridgehead atoms. The Morgan fingerprint density at radius 1 is 1.07 bits per heavy atom. The maximum absolute atomic E-state index is 14.5. The van der Waals surface area contributed by atoms with Gasteiger partial charge in [-0.1, -0.05) is 40.2 Å². The van der Waals surface area contributed by atoms with E-state index in [4.69, 9.17) is 9.47 Å². The number of ketones is 1. The SMILES string of the molecule is CNC1CCC2(C)C3=CC(=O)C4(C)C(C(C)N(C)C(=O)c5ccc(OC)c(OC)c5)C(O)CC4(C)C3CCC2C1(C)C. The molecule has 1 aromatic carbocycles. The highest BCUT2D eigenvalue weighted by Gasteiger charge is 2.70. The van der Waals surface area contributed by atoms with E-state index in [0.29, 0.717) is 35.4 Å². The minimum Gasteiger partial charge on any atom is -0.493 e. The minimum absolute atomic E-state index is 0.0331. The number of benzene rings is 1. The largest absolute Gasteiger partial charge is 0.493 e. The van der Waals surface area contributed by atoms with Gasteiger partial charge in [0.25, 0.3) is 5.91 Å². The molecule has 0 heterocycles. The maximum atomic E-state index is 14.5. The number of fused-ring (bicyclic) bond motifs is 5. The molecule has 5 rings (SSSR count). The van der Waals surface area contributed by atoms with Gasteiger partial charge in [-0.05, 0) is 98.4 Å². The number of nitrogens with zero attached hydrogens (tertiary/aromatic N) is 1. The molecule has 232 valence electrons. The summed E-state index contributed by atoms with van der Waals surface area (Å²) in [6.07, 6.45) is 6.19. The van der Waals surface area contributed by atoms with Crippen LogP contribution in [0.25, 0.3) is 0 Å². The van der Waals surface area contributed by atoms with Crippen LogP contribution in [0.15, 0.2) is 29.8 Å².